The number of hydrogen-bond acceptors (Lipinski definition) is 5. The highest BCUT2D eigenvalue weighted by molar-refractivity contribution is 6.01. The van der Waals surface area contributed by atoms with Crippen LogP contribution in [-0.4, -0.2) is 38.2 Å². The van der Waals surface area contributed by atoms with Crippen molar-refractivity contribution >= 4 is 23.2 Å². The van der Waals surface area contributed by atoms with Gasteiger partial charge in [-0.25, -0.2) is 0 Å². The predicted molar refractivity (Wildman–Crippen MR) is 126 cm³/mol. The molecular weight excluding hydrogens is 420 g/mol. The molecule has 0 fully saturated rings. The Morgan fingerprint density at radius 1 is 1.03 bits per heavy atom. The Hall–Kier alpha value is -4.00. The summed E-state index contributed by atoms with van der Waals surface area (Å²) in [4.78, 5) is 27.0. The van der Waals surface area contributed by atoms with Gasteiger partial charge in [-0.15, -0.1) is 0 Å². The van der Waals surface area contributed by atoms with Crippen molar-refractivity contribution in [2.45, 2.75) is 19.4 Å². The first-order chi connectivity index (χ1) is 16.0. The molecule has 1 heterocycles. The van der Waals surface area contributed by atoms with Crippen molar-refractivity contribution in [3.05, 3.63) is 78.4 Å². The molecule has 1 unspecified atom stereocenters. The number of amides is 2. The first kappa shape index (κ1) is 22.2. The maximum atomic E-state index is 12.8. The van der Waals surface area contributed by atoms with Gasteiger partial charge in [0, 0.05) is 18.3 Å². The fourth-order valence-corrected chi connectivity index (χ4v) is 3.64. The van der Waals surface area contributed by atoms with Gasteiger partial charge in [0.05, 0.1) is 12.8 Å². The summed E-state index contributed by atoms with van der Waals surface area (Å²) in [6.07, 6.45) is 0.147. The van der Waals surface area contributed by atoms with Crippen LogP contribution in [0, 0.1) is 0 Å². The molecule has 1 aliphatic heterocycles. The number of nitrogens with one attached hydrogen (secondary N) is 1. The first-order valence-electron chi connectivity index (χ1n) is 10.8. The summed E-state index contributed by atoms with van der Waals surface area (Å²) in [5, 5.41) is 2.82. The minimum absolute atomic E-state index is 0.108. The smallest absolute Gasteiger partial charge is 0.267 e. The van der Waals surface area contributed by atoms with E-state index in [9.17, 15) is 9.59 Å². The van der Waals surface area contributed by atoms with Gasteiger partial charge >= 0.3 is 0 Å². The second-order valence-electron chi connectivity index (χ2n) is 7.68. The van der Waals surface area contributed by atoms with Crippen LogP contribution in [0.25, 0.3) is 0 Å². The lowest BCUT2D eigenvalue weighted by Crippen LogP contribution is -2.45. The Labute approximate surface area is 192 Å². The second-order valence-corrected chi connectivity index (χ2v) is 7.68. The predicted octanol–water partition coefficient (Wildman–Crippen LogP) is 4.07. The normalized spacial score (nSPS) is 14.8. The fraction of sp³-hybridized carbons (Fsp3) is 0.231. The molecule has 0 aliphatic carbocycles. The molecule has 0 spiro atoms. The van der Waals surface area contributed by atoms with E-state index in [1.54, 1.807) is 61.4 Å². The summed E-state index contributed by atoms with van der Waals surface area (Å²) >= 11 is 0. The Balaban J connectivity index is 1.44. The van der Waals surface area contributed by atoms with Gasteiger partial charge < -0.3 is 24.4 Å². The van der Waals surface area contributed by atoms with Crippen molar-refractivity contribution in [1.82, 2.24) is 0 Å². The molecule has 170 valence electrons. The monoisotopic (exact) mass is 446 g/mol. The lowest BCUT2D eigenvalue weighted by atomic mass is 10.1. The second kappa shape index (κ2) is 10.1. The molecule has 4 rings (SSSR count). The lowest BCUT2D eigenvalue weighted by molar-refractivity contribution is -0.125. The molecule has 0 saturated heterocycles. The van der Waals surface area contributed by atoms with Gasteiger partial charge in [0.1, 0.15) is 17.2 Å². The summed E-state index contributed by atoms with van der Waals surface area (Å²) in [5.41, 5.74) is 2.34. The highest BCUT2D eigenvalue weighted by Crippen LogP contribution is 2.36. The number of nitrogens with zero attached hydrogens (tertiary/aromatic N) is 1. The van der Waals surface area contributed by atoms with Crippen LogP contribution < -0.4 is 24.4 Å². The Morgan fingerprint density at radius 2 is 1.82 bits per heavy atom. The molecule has 7 nitrogen and oxygen atoms in total. The average Bonchev–Trinajstić information content (AvgIpc) is 2.84. The molecule has 0 saturated carbocycles. The van der Waals surface area contributed by atoms with Crippen LogP contribution in [0.1, 0.15) is 12.5 Å². The van der Waals surface area contributed by atoms with Crippen molar-refractivity contribution in [2.75, 3.05) is 30.5 Å². The molecule has 1 N–H and O–H groups in total. The maximum Gasteiger partial charge on any atom is 0.267 e. The summed E-state index contributed by atoms with van der Waals surface area (Å²) < 4.78 is 16.5. The maximum absolute atomic E-state index is 12.8. The molecule has 1 aliphatic rings. The van der Waals surface area contributed by atoms with E-state index in [1.165, 1.54) is 0 Å². The van der Waals surface area contributed by atoms with Crippen LogP contribution in [0.5, 0.6) is 17.2 Å². The number of methoxy groups -OCH3 is 1. The van der Waals surface area contributed by atoms with Crippen LogP contribution in [0.2, 0.25) is 0 Å². The van der Waals surface area contributed by atoms with E-state index < -0.39 is 6.10 Å². The minimum atomic E-state index is -0.565. The Morgan fingerprint density at radius 3 is 2.61 bits per heavy atom. The topological polar surface area (TPSA) is 77.1 Å². The minimum Gasteiger partial charge on any atom is -0.497 e. The van der Waals surface area contributed by atoms with Crippen molar-refractivity contribution in [3.63, 3.8) is 0 Å². The van der Waals surface area contributed by atoms with E-state index in [0.29, 0.717) is 41.6 Å². The van der Waals surface area contributed by atoms with Gasteiger partial charge in [0.25, 0.3) is 11.8 Å². The first-order valence-corrected chi connectivity index (χ1v) is 10.8. The van der Waals surface area contributed by atoms with Crippen molar-refractivity contribution in [2.24, 2.45) is 0 Å². The number of fused-ring (bicyclic) bond motifs is 1. The van der Waals surface area contributed by atoms with Crippen molar-refractivity contribution < 1.29 is 23.8 Å². The van der Waals surface area contributed by atoms with Gasteiger partial charge in [0.2, 0.25) is 0 Å². The van der Waals surface area contributed by atoms with Crippen LogP contribution in [0.15, 0.2) is 72.8 Å². The van der Waals surface area contributed by atoms with Crippen molar-refractivity contribution in [1.29, 1.82) is 0 Å². The zero-order valence-electron chi connectivity index (χ0n) is 18.6. The van der Waals surface area contributed by atoms with E-state index in [-0.39, 0.29) is 18.4 Å². The van der Waals surface area contributed by atoms with Crippen LogP contribution in [-0.2, 0) is 16.0 Å². The number of anilines is 2. The number of carbonyl (C=O) groups is 2. The van der Waals surface area contributed by atoms with Gasteiger partial charge in [-0.3, -0.25) is 9.59 Å². The van der Waals surface area contributed by atoms with E-state index in [1.807, 2.05) is 30.3 Å². The molecular formula is C26H26N2O5. The summed E-state index contributed by atoms with van der Waals surface area (Å²) in [6, 6.07) is 22.3. The van der Waals surface area contributed by atoms with Gasteiger partial charge in [-0.1, -0.05) is 36.4 Å². The van der Waals surface area contributed by atoms with E-state index in [2.05, 4.69) is 5.32 Å². The summed E-state index contributed by atoms with van der Waals surface area (Å²) in [5.74, 6) is 1.38. The SMILES string of the molecule is COc1cccc(OCC(=O)Nc2ccc3c(c2)N(CCc2ccccc2)C(=O)C(C)O3)c1. The molecule has 0 bridgehead atoms. The van der Waals surface area contributed by atoms with Crippen LogP contribution >= 0.6 is 0 Å². The van der Waals surface area contributed by atoms with E-state index in [0.717, 1.165) is 5.56 Å². The summed E-state index contributed by atoms with van der Waals surface area (Å²) in [7, 11) is 1.57. The number of ether oxygens (including phenoxy) is 3. The lowest BCUT2D eigenvalue weighted by Gasteiger charge is -2.33. The standard InChI is InChI=1S/C26H26N2O5/c1-18-26(30)28(14-13-19-7-4-3-5-8-19)23-15-20(11-12-24(23)33-18)27-25(29)17-32-22-10-6-9-21(16-22)31-2/h3-12,15-16,18H,13-14,17H2,1-2H3,(H,27,29). The molecule has 1 atom stereocenters. The Kier molecular flexibility index (Phi) is 6.78. The van der Waals surface area contributed by atoms with Gasteiger partial charge in [-0.05, 0) is 49.2 Å². The molecule has 0 aromatic heterocycles. The Bertz CT molecular complexity index is 1130. The zero-order valence-corrected chi connectivity index (χ0v) is 18.6. The molecule has 3 aromatic rings. The highest BCUT2D eigenvalue weighted by Gasteiger charge is 2.31. The molecule has 33 heavy (non-hydrogen) atoms. The zero-order chi connectivity index (χ0) is 23.2. The third-order valence-corrected chi connectivity index (χ3v) is 5.33. The van der Waals surface area contributed by atoms with Crippen molar-refractivity contribution in [3.8, 4) is 17.2 Å². The summed E-state index contributed by atoms with van der Waals surface area (Å²) in [6.45, 7) is 2.10. The molecule has 3 aromatic carbocycles. The number of rotatable bonds is 8. The number of benzene rings is 3. The molecule has 7 heteroatoms. The van der Waals surface area contributed by atoms with Gasteiger partial charge in [0.15, 0.2) is 12.7 Å². The fourth-order valence-electron chi connectivity index (χ4n) is 3.64. The van der Waals surface area contributed by atoms with E-state index in [4.69, 9.17) is 14.2 Å². The molecule has 2 amide bonds. The largest absolute Gasteiger partial charge is 0.497 e. The third kappa shape index (κ3) is 5.44. The van der Waals surface area contributed by atoms with Gasteiger partial charge in [-0.2, -0.15) is 0 Å². The number of hydrogen-bond donors (Lipinski definition) is 1. The van der Waals surface area contributed by atoms with Crippen LogP contribution in [0.4, 0.5) is 11.4 Å². The van der Waals surface area contributed by atoms with Crippen LogP contribution in [0.3, 0.4) is 0 Å². The quantitative estimate of drug-likeness (QED) is 0.565. The number of carbonyl (C=O) groups excluding carboxylic acids is 2. The average molecular weight is 447 g/mol. The van der Waals surface area contributed by atoms with E-state index >= 15 is 0 Å². The highest BCUT2D eigenvalue weighted by atomic mass is 16.5. The molecule has 0 radical (unpaired) electrons. The third-order valence-electron chi connectivity index (χ3n) is 5.33.